The third kappa shape index (κ3) is 3.85. The van der Waals surface area contributed by atoms with Gasteiger partial charge in [0, 0.05) is 31.6 Å². The molecule has 2 heterocycles. The third-order valence-electron chi connectivity index (χ3n) is 3.98. The van der Waals surface area contributed by atoms with Crippen LogP contribution in [0.2, 0.25) is 0 Å². The van der Waals surface area contributed by atoms with Gasteiger partial charge in [-0.2, -0.15) is 0 Å². The van der Waals surface area contributed by atoms with Gasteiger partial charge >= 0.3 is 0 Å². The van der Waals surface area contributed by atoms with Crippen molar-refractivity contribution in [3.8, 4) is 11.5 Å². The van der Waals surface area contributed by atoms with Gasteiger partial charge in [-0.25, -0.2) is 4.98 Å². The second-order valence-electron chi connectivity index (χ2n) is 5.66. The van der Waals surface area contributed by atoms with Crippen molar-refractivity contribution in [2.45, 2.75) is 6.61 Å². The number of para-hydroxylation sites is 2. The molecule has 0 unspecified atom stereocenters. The highest BCUT2D eigenvalue weighted by molar-refractivity contribution is 7.09. The molecule has 1 aliphatic rings. The minimum atomic E-state index is 0.00268. The van der Waals surface area contributed by atoms with Crippen molar-refractivity contribution in [3.05, 3.63) is 40.3 Å². The highest BCUT2D eigenvalue weighted by Crippen LogP contribution is 2.27. The molecule has 128 valence electrons. The molecular weight excluding hydrogens is 326 g/mol. The zero-order valence-corrected chi connectivity index (χ0v) is 14.7. The minimum Gasteiger partial charge on any atom is -0.493 e. The SMILES string of the molecule is COc1ccccc1OCc1nc(C(=O)N2CCN(C)CC2)cs1. The van der Waals surface area contributed by atoms with Crippen molar-refractivity contribution in [3.63, 3.8) is 0 Å². The van der Waals surface area contributed by atoms with Crippen LogP contribution in [0.4, 0.5) is 0 Å². The molecule has 7 heteroatoms. The molecule has 0 atom stereocenters. The molecular formula is C17H21N3O3S. The Hall–Kier alpha value is -2.12. The molecule has 0 bridgehead atoms. The number of hydrogen-bond donors (Lipinski definition) is 0. The summed E-state index contributed by atoms with van der Waals surface area (Å²) in [6.45, 7) is 3.63. The van der Waals surface area contributed by atoms with Crippen LogP contribution < -0.4 is 9.47 Å². The Morgan fingerprint density at radius 3 is 2.62 bits per heavy atom. The standard InChI is InChI=1S/C17H21N3O3S/c1-19-7-9-20(10-8-19)17(21)13-12-24-16(18-13)11-23-15-6-4-3-5-14(15)22-2/h3-6,12H,7-11H2,1-2H3. The normalized spacial score (nSPS) is 15.3. The number of piperazine rings is 1. The molecule has 1 saturated heterocycles. The van der Waals surface area contributed by atoms with Crippen molar-refractivity contribution in [1.82, 2.24) is 14.8 Å². The van der Waals surface area contributed by atoms with E-state index in [1.54, 1.807) is 7.11 Å². The van der Waals surface area contributed by atoms with Crippen LogP contribution >= 0.6 is 11.3 Å². The van der Waals surface area contributed by atoms with Gasteiger partial charge in [-0.1, -0.05) is 12.1 Å². The number of carbonyl (C=O) groups excluding carboxylic acids is 1. The molecule has 1 amide bonds. The van der Waals surface area contributed by atoms with Crippen LogP contribution in [0.15, 0.2) is 29.6 Å². The first-order valence-corrected chi connectivity index (χ1v) is 8.73. The average Bonchev–Trinajstić information content (AvgIpc) is 3.09. The largest absolute Gasteiger partial charge is 0.493 e. The molecule has 1 aliphatic heterocycles. The monoisotopic (exact) mass is 347 g/mol. The fourth-order valence-electron chi connectivity index (χ4n) is 2.52. The van der Waals surface area contributed by atoms with Gasteiger partial charge < -0.3 is 19.3 Å². The van der Waals surface area contributed by atoms with Gasteiger partial charge in [-0.3, -0.25) is 4.79 Å². The van der Waals surface area contributed by atoms with Gasteiger partial charge in [-0.05, 0) is 19.2 Å². The minimum absolute atomic E-state index is 0.00268. The van der Waals surface area contributed by atoms with Crippen LogP contribution in [0.1, 0.15) is 15.5 Å². The van der Waals surface area contributed by atoms with Gasteiger partial charge in [0.05, 0.1) is 7.11 Å². The lowest BCUT2D eigenvalue weighted by Crippen LogP contribution is -2.47. The first kappa shape index (κ1) is 16.7. The Labute approximate surface area is 145 Å². The summed E-state index contributed by atoms with van der Waals surface area (Å²) >= 11 is 1.44. The number of amides is 1. The van der Waals surface area contributed by atoms with E-state index in [0.717, 1.165) is 31.2 Å². The Balaban J connectivity index is 1.60. The van der Waals surface area contributed by atoms with Gasteiger partial charge in [0.15, 0.2) is 11.5 Å². The quantitative estimate of drug-likeness (QED) is 0.829. The molecule has 6 nitrogen and oxygen atoms in total. The lowest BCUT2D eigenvalue weighted by atomic mass is 10.3. The summed E-state index contributed by atoms with van der Waals surface area (Å²) in [4.78, 5) is 21.0. The predicted octanol–water partition coefficient (Wildman–Crippen LogP) is 2.12. The van der Waals surface area contributed by atoms with Gasteiger partial charge in [-0.15, -0.1) is 11.3 Å². The second-order valence-corrected chi connectivity index (χ2v) is 6.60. The number of benzene rings is 1. The molecule has 1 aromatic carbocycles. The fourth-order valence-corrected chi connectivity index (χ4v) is 3.20. The highest BCUT2D eigenvalue weighted by atomic mass is 32.1. The summed E-state index contributed by atoms with van der Waals surface area (Å²) in [5.74, 6) is 1.35. The second kappa shape index (κ2) is 7.63. The number of hydrogen-bond acceptors (Lipinski definition) is 6. The Kier molecular flexibility index (Phi) is 5.32. The summed E-state index contributed by atoms with van der Waals surface area (Å²) in [5.41, 5.74) is 0.503. The molecule has 0 saturated carbocycles. The number of aromatic nitrogens is 1. The van der Waals surface area contributed by atoms with E-state index in [4.69, 9.17) is 9.47 Å². The molecule has 0 spiro atoms. The molecule has 24 heavy (non-hydrogen) atoms. The van der Waals surface area contributed by atoms with Crippen LogP contribution in [0.3, 0.4) is 0 Å². The summed E-state index contributed by atoms with van der Waals surface area (Å²) < 4.78 is 11.0. The van der Waals surface area contributed by atoms with E-state index >= 15 is 0 Å². The molecule has 0 N–H and O–H groups in total. The van der Waals surface area contributed by atoms with E-state index < -0.39 is 0 Å². The van der Waals surface area contributed by atoms with Gasteiger partial charge in [0.2, 0.25) is 0 Å². The van der Waals surface area contributed by atoms with E-state index in [9.17, 15) is 4.79 Å². The Morgan fingerprint density at radius 1 is 1.21 bits per heavy atom. The maximum Gasteiger partial charge on any atom is 0.273 e. The number of likely N-dealkylation sites (N-methyl/N-ethyl adjacent to an activating group) is 1. The van der Waals surface area contributed by atoms with Crippen LogP contribution in [0.25, 0.3) is 0 Å². The third-order valence-corrected chi connectivity index (χ3v) is 4.80. The Morgan fingerprint density at radius 2 is 1.92 bits per heavy atom. The molecule has 0 radical (unpaired) electrons. The first-order chi connectivity index (χ1) is 11.7. The summed E-state index contributed by atoms with van der Waals surface area (Å²) in [7, 11) is 3.68. The van der Waals surface area contributed by atoms with E-state index in [1.807, 2.05) is 34.5 Å². The van der Waals surface area contributed by atoms with Crippen molar-refractivity contribution in [2.75, 3.05) is 40.3 Å². The van der Waals surface area contributed by atoms with E-state index in [1.165, 1.54) is 11.3 Å². The topological polar surface area (TPSA) is 54.9 Å². The van der Waals surface area contributed by atoms with Crippen molar-refractivity contribution >= 4 is 17.2 Å². The number of nitrogens with zero attached hydrogens (tertiary/aromatic N) is 3. The van der Waals surface area contributed by atoms with Crippen LogP contribution in [0, 0.1) is 0 Å². The number of thiazole rings is 1. The first-order valence-electron chi connectivity index (χ1n) is 7.85. The van der Waals surface area contributed by atoms with E-state index in [0.29, 0.717) is 23.8 Å². The van der Waals surface area contributed by atoms with E-state index in [2.05, 4.69) is 16.9 Å². The molecule has 0 aliphatic carbocycles. The van der Waals surface area contributed by atoms with Gasteiger partial charge in [0.1, 0.15) is 17.3 Å². The van der Waals surface area contributed by atoms with E-state index in [-0.39, 0.29) is 5.91 Å². The zero-order valence-electron chi connectivity index (χ0n) is 13.9. The van der Waals surface area contributed by atoms with Crippen LogP contribution in [-0.2, 0) is 6.61 Å². The number of methoxy groups -OCH3 is 1. The van der Waals surface area contributed by atoms with Crippen molar-refractivity contribution in [2.24, 2.45) is 0 Å². The maximum absolute atomic E-state index is 12.5. The Bertz CT molecular complexity index is 696. The predicted molar refractivity (Wildman–Crippen MR) is 92.8 cm³/mol. The average molecular weight is 347 g/mol. The molecule has 1 fully saturated rings. The number of carbonyl (C=O) groups is 1. The summed E-state index contributed by atoms with van der Waals surface area (Å²) in [5, 5.41) is 2.58. The fraction of sp³-hybridized carbons (Fsp3) is 0.412. The van der Waals surface area contributed by atoms with Crippen LogP contribution in [-0.4, -0.2) is 61.0 Å². The lowest BCUT2D eigenvalue weighted by molar-refractivity contribution is 0.0658. The molecule has 2 aromatic rings. The molecule has 1 aromatic heterocycles. The van der Waals surface area contributed by atoms with Crippen LogP contribution in [0.5, 0.6) is 11.5 Å². The smallest absolute Gasteiger partial charge is 0.273 e. The number of rotatable bonds is 5. The van der Waals surface area contributed by atoms with Crippen molar-refractivity contribution in [1.29, 1.82) is 0 Å². The summed E-state index contributed by atoms with van der Waals surface area (Å²) in [6.07, 6.45) is 0. The zero-order chi connectivity index (χ0) is 16.9. The highest BCUT2D eigenvalue weighted by Gasteiger charge is 2.22. The lowest BCUT2D eigenvalue weighted by Gasteiger charge is -2.31. The maximum atomic E-state index is 12.5. The number of ether oxygens (including phenoxy) is 2. The van der Waals surface area contributed by atoms with Crippen molar-refractivity contribution < 1.29 is 14.3 Å². The van der Waals surface area contributed by atoms with Gasteiger partial charge in [0.25, 0.3) is 5.91 Å². The summed E-state index contributed by atoms with van der Waals surface area (Å²) in [6, 6.07) is 7.48. The molecule has 3 rings (SSSR count).